The molecule has 0 saturated carbocycles. The van der Waals surface area contributed by atoms with E-state index in [2.05, 4.69) is 13.8 Å². The van der Waals surface area contributed by atoms with Gasteiger partial charge in [0, 0.05) is 26.1 Å². The molecule has 148 valence electrons. The van der Waals surface area contributed by atoms with Crippen molar-refractivity contribution in [3.63, 3.8) is 0 Å². The number of aliphatic carboxylic acids is 1. The van der Waals surface area contributed by atoms with Crippen LogP contribution in [0.2, 0.25) is 0 Å². The fourth-order valence-corrected chi connectivity index (χ4v) is 1.87. The maximum absolute atomic E-state index is 11.5. The zero-order valence-electron chi connectivity index (χ0n) is 15.7. The van der Waals surface area contributed by atoms with Gasteiger partial charge in [-0.2, -0.15) is 0 Å². The van der Waals surface area contributed by atoms with Crippen LogP contribution in [0.4, 0.5) is 0 Å². The number of carboxylic acids is 1. The number of ether oxygens (including phenoxy) is 4. The van der Waals surface area contributed by atoms with Crippen LogP contribution in [0.15, 0.2) is 0 Å². The zero-order valence-corrected chi connectivity index (χ0v) is 15.7. The Kier molecular flexibility index (Phi) is 16.8. The third-order valence-electron chi connectivity index (χ3n) is 3.37. The number of carbonyl (C=O) groups is 2. The smallest absolute Gasteiger partial charge is 0.305 e. The molecule has 25 heavy (non-hydrogen) atoms. The summed E-state index contributed by atoms with van der Waals surface area (Å²) in [5.41, 5.74) is 0. The molecular formula is C18H34O7. The number of carboxylic acid groups (broad SMARTS) is 1. The van der Waals surface area contributed by atoms with Crippen molar-refractivity contribution in [1.82, 2.24) is 0 Å². The van der Waals surface area contributed by atoms with Crippen LogP contribution in [0, 0.1) is 0 Å². The maximum atomic E-state index is 11.5. The summed E-state index contributed by atoms with van der Waals surface area (Å²) in [6.45, 7) is 6.25. The Morgan fingerprint density at radius 3 is 2.00 bits per heavy atom. The molecule has 0 aliphatic heterocycles. The van der Waals surface area contributed by atoms with E-state index < -0.39 is 5.97 Å². The molecule has 0 aliphatic rings. The van der Waals surface area contributed by atoms with Gasteiger partial charge in [0.2, 0.25) is 0 Å². The van der Waals surface area contributed by atoms with Crippen LogP contribution in [0.5, 0.6) is 0 Å². The van der Waals surface area contributed by atoms with Crippen LogP contribution >= 0.6 is 0 Å². The summed E-state index contributed by atoms with van der Waals surface area (Å²) in [5, 5.41) is 8.51. The molecule has 1 N–H and O–H groups in total. The molecule has 0 amide bonds. The lowest BCUT2D eigenvalue weighted by Gasteiger charge is -2.18. The van der Waals surface area contributed by atoms with Gasteiger partial charge in [0.15, 0.2) is 6.29 Å². The van der Waals surface area contributed by atoms with Crippen molar-refractivity contribution in [3.05, 3.63) is 0 Å². The summed E-state index contributed by atoms with van der Waals surface area (Å²) in [6.07, 6.45) is 5.00. The van der Waals surface area contributed by atoms with Gasteiger partial charge in [-0.25, -0.2) is 0 Å². The Labute approximate surface area is 151 Å². The van der Waals surface area contributed by atoms with Crippen molar-refractivity contribution in [2.45, 2.75) is 71.5 Å². The summed E-state index contributed by atoms with van der Waals surface area (Å²) >= 11 is 0. The summed E-state index contributed by atoms with van der Waals surface area (Å²) in [4.78, 5) is 21.8. The molecule has 0 heterocycles. The van der Waals surface area contributed by atoms with Crippen molar-refractivity contribution in [2.75, 3.05) is 33.0 Å². The first-order valence-electron chi connectivity index (χ1n) is 9.28. The van der Waals surface area contributed by atoms with Crippen LogP contribution in [-0.4, -0.2) is 56.4 Å². The second-order valence-electron chi connectivity index (χ2n) is 5.77. The topological polar surface area (TPSA) is 91.3 Å². The third-order valence-corrected chi connectivity index (χ3v) is 3.37. The monoisotopic (exact) mass is 362 g/mol. The molecule has 0 fully saturated rings. The van der Waals surface area contributed by atoms with Crippen molar-refractivity contribution in [1.29, 1.82) is 0 Å². The molecule has 0 rings (SSSR count). The second kappa shape index (κ2) is 17.6. The van der Waals surface area contributed by atoms with E-state index in [0.29, 0.717) is 32.7 Å². The zero-order chi connectivity index (χ0) is 18.8. The third kappa shape index (κ3) is 17.4. The minimum absolute atomic E-state index is 0.0772. The molecule has 0 bridgehead atoms. The Bertz CT molecular complexity index is 323. The molecule has 0 aromatic rings. The molecule has 0 aliphatic carbocycles. The standard InChI is InChI=1S/C18H34O7/c1-3-5-11-24-18(25-12-6-4-2)15-22-13-14-23-17(21)10-8-7-9-16(19)20/h18H,3-15H2,1-2H3,(H,19,20). The summed E-state index contributed by atoms with van der Waals surface area (Å²) < 4.78 is 21.8. The van der Waals surface area contributed by atoms with Gasteiger partial charge in [-0.15, -0.1) is 0 Å². The molecule has 0 aromatic heterocycles. The summed E-state index contributed by atoms with van der Waals surface area (Å²) in [7, 11) is 0. The highest BCUT2D eigenvalue weighted by Crippen LogP contribution is 2.03. The van der Waals surface area contributed by atoms with Crippen molar-refractivity contribution < 1.29 is 33.6 Å². The molecule has 0 spiro atoms. The number of hydrogen-bond acceptors (Lipinski definition) is 6. The fourth-order valence-electron chi connectivity index (χ4n) is 1.87. The van der Waals surface area contributed by atoms with Gasteiger partial charge in [-0.1, -0.05) is 26.7 Å². The van der Waals surface area contributed by atoms with Crippen molar-refractivity contribution >= 4 is 11.9 Å². The van der Waals surface area contributed by atoms with Gasteiger partial charge in [0.05, 0.1) is 13.2 Å². The number of carbonyl (C=O) groups excluding carboxylic acids is 1. The van der Waals surface area contributed by atoms with E-state index in [1.165, 1.54) is 0 Å². The Balaban J connectivity index is 3.69. The number of unbranched alkanes of at least 4 members (excludes halogenated alkanes) is 3. The van der Waals surface area contributed by atoms with E-state index in [9.17, 15) is 9.59 Å². The van der Waals surface area contributed by atoms with E-state index in [1.54, 1.807) is 0 Å². The van der Waals surface area contributed by atoms with Crippen molar-refractivity contribution in [3.8, 4) is 0 Å². The number of esters is 1. The number of hydrogen-bond donors (Lipinski definition) is 1. The molecule has 0 aromatic carbocycles. The Hall–Kier alpha value is -1.18. The second-order valence-corrected chi connectivity index (χ2v) is 5.77. The van der Waals surface area contributed by atoms with Gasteiger partial charge in [-0.3, -0.25) is 9.59 Å². The van der Waals surface area contributed by atoms with Gasteiger partial charge in [-0.05, 0) is 25.7 Å². The average molecular weight is 362 g/mol. The highest BCUT2D eigenvalue weighted by molar-refractivity contribution is 5.69. The van der Waals surface area contributed by atoms with Crippen LogP contribution in [0.3, 0.4) is 0 Å². The van der Waals surface area contributed by atoms with E-state index in [4.69, 9.17) is 24.1 Å². The summed E-state index contributed by atoms with van der Waals surface area (Å²) in [6, 6.07) is 0. The van der Waals surface area contributed by atoms with Crippen LogP contribution in [0.25, 0.3) is 0 Å². The lowest BCUT2D eigenvalue weighted by Crippen LogP contribution is -2.25. The van der Waals surface area contributed by atoms with Crippen LogP contribution in [-0.2, 0) is 28.5 Å². The van der Waals surface area contributed by atoms with E-state index in [0.717, 1.165) is 25.7 Å². The van der Waals surface area contributed by atoms with Gasteiger partial charge in [0.1, 0.15) is 6.61 Å². The van der Waals surface area contributed by atoms with Gasteiger partial charge < -0.3 is 24.1 Å². The first-order chi connectivity index (χ1) is 12.1. The minimum Gasteiger partial charge on any atom is -0.481 e. The highest BCUT2D eigenvalue weighted by atomic mass is 16.7. The normalized spacial score (nSPS) is 11.0. The number of rotatable bonds is 18. The predicted octanol–water partition coefficient (Wildman–Crippen LogP) is 3.15. The lowest BCUT2D eigenvalue weighted by atomic mass is 10.2. The largest absolute Gasteiger partial charge is 0.481 e. The Morgan fingerprint density at radius 2 is 1.44 bits per heavy atom. The molecule has 7 heteroatoms. The van der Waals surface area contributed by atoms with Crippen molar-refractivity contribution in [2.24, 2.45) is 0 Å². The van der Waals surface area contributed by atoms with E-state index >= 15 is 0 Å². The first kappa shape index (κ1) is 23.8. The fraction of sp³-hybridized carbons (Fsp3) is 0.889. The molecule has 0 atom stereocenters. The maximum Gasteiger partial charge on any atom is 0.305 e. The summed E-state index contributed by atoms with van der Waals surface area (Å²) in [5.74, 6) is -1.18. The molecule has 0 radical (unpaired) electrons. The van der Waals surface area contributed by atoms with E-state index in [-0.39, 0.29) is 38.3 Å². The van der Waals surface area contributed by atoms with Crippen LogP contribution in [0.1, 0.15) is 65.2 Å². The predicted molar refractivity (Wildman–Crippen MR) is 93.4 cm³/mol. The van der Waals surface area contributed by atoms with E-state index in [1.807, 2.05) is 0 Å². The Morgan fingerprint density at radius 1 is 0.840 bits per heavy atom. The SMILES string of the molecule is CCCCOC(COCCOC(=O)CCCCC(=O)O)OCCCC. The molecule has 7 nitrogen and oxygen atoms in total. The van der Waals surface area contributed by atoms with Gasteiger partial charge >= 0.3 is 11.9 Å². The van der Waals surface area contributed by atoms with Crippen LogP contribution < -0.4 is 0 Å². The first-order valence-corrected chi connectivity index (χ1v) is 9.28. The van der Waals surface area contributed by atoms with Gasteiger partial charge in [0.25, 0.3) is 0 Å². The highest BCUT2D eigenvalue weighted by Gasteiger charge is 2.10. The quantitative estimate of drug-likeness (QED) is 0.227. The molecule has 0 saturated heterocycles. The average Bonchev–Trinajstić information content (AvgIpc) is 2.58. The molecular weight excluding hydrogens is 328 g/mol. The lowest BCUT2D eigenvalue weighted by molar-refractivity contribution is -0.176. The minimum atomic E-state index is -0.848. The molecule has 0 unspecified atom stereocenters.